The molecule has 0 spiro atoms. The molecule has 5 heteroatoms. The van der Waals surface area contributed by atoms with Crippen molar-refractivity contribution in [3.05, 3.63) is 23.9 Å². The van der Waals surface area contributed by atoms with Gasteiger partial charge in [-0.2, -0.15) is 0 Å². The van der Waals surface area contributed by atoms with Crippen LogP contribution in [0.15, 0.2) is 23.3 Å². The highest BCUT2D eigenvalue weighted by atomic mass is 15.3. The Morgan fingerprint density at radius 1 is 1.25 bits per heavy atom. The van der Waals surface area contributed by atoms with Crippen molar-refractivity contribution in [3.8, 4) is 0 Å². The molecule has 0 atom stereocenters. The quantitative estimate of drug-likeness (QED) is 0.665. The van der Waals surface area contributed by atoms with Gasteiger partial charge in [-0.1, -0.05) is 19.8 Å². The predicted molar refractivity (Wildman–Crippen MR) is 103 cm³/mol. The van der Waals surface area contributed by atoms with E-state index in [1.807, 2.05) is 32.2 Å². The summed E-state index contributed by atoms with van der Waals surface area (Å²) in [5.41, 5.74) is 1.22. The Kier molecular flexibility index (Phi) is 6.88. The van der Waals surface area contributed by atoms with E-state index >= 15 is 0 Å². The van der Waals surface area contributed by atoms with E-state index in [0.29, 0.717) is 0 Å². The SMILES string of the molecule is CN=C(NCc1ccnc(N(C)C)c1)N(C)CC1CCC(C)CC1. The summed E-state index contributed by atoms with van der Waals surface area (Å²) in [5, 5.41) is 3.48. The van der Waals surface area contributed by atoms with Gasteiger partial charge in [0, 0.05) is 47.5 Å². The molecule has 1 heterocycles. The first-order valence-corrected chi connectivity index (χ1v) is 9.03. The van der Waals surface area contributed by atoms with Gasteiger partial charge in [0.25, 0.3) is 0 Å². The third-order valence-corrected chi connectivity index (χ3v) is 4.96. The van der Waals surface area contributed by atoms with Crippen LogP contribution in [0.2, 0.25) is 0 Å². The van der Waals surface area contributed by atoms with Crippen LogP contribution < -0.4 is 10.2 Å². The van der Waals surface area contributed by atoms with Crippen molar-refractivity contribution in [2.75, 3.05) is 39.6 Å². The van der Waals surface area contributed by atoms with Gasteiger partial charge in [0.2, 0.25) is 0 Å². The van der Waals surface area contributed by atoms with Crippen LogP contribution in [0.4, 0.5) is 5.82 Å². The van der Waals surface area contributed by atoms with Gasteiger partial charge >= 0.3 is 0 Å². The van der Waals surface area contributed by atoms with Crippen molar-refractivity contribution in [2.45, 2.75) is 39.2 Å². The summed E-state index contributed by atoms with van der Waals surface area (Å²) in [5.74, 6) is 3.65. The summed E-state index contributed by atoms with van der Waals surface area (Å²) in [6, 6.07) is 4.17. The summed E-state index contributed by atoms with van der Waals surface area (Å²) < 4.78 is 0. The Balaban J connectivity index is 1.86. The van der Waals surface area contributed by atoms with Gasteiger partial charge in [-0.05, 0) is 42.4 Å². The van der Waals surface area contributed by atoms with Crippen LogP contribution in [0, 0.1) is 11.8 Å². The van der Waals surface area contributed by atoms with Crippen molar-refractivity contribution in [3.63, 3.8) is 0 Å². The molecule has 0 aliphatic heterocycles. The fourth-order valence-electron chi connectivity index (χ4n) is 3.37. The van der Waals surface area contributed by atoms with Crippen LogP contribution in [0.5, 0.6) is 0 Å². The van der Waals surface area contributed by atoms with E-state index in [1.165, 1.54) is 31.2 Å². The normalized spacial score (nSPS) is 21.5. The molecule has 0 aromatic carbocycles. The Morgan fingerprint density at radius 2 is 1.96 bits per heavy atom. The second kappa shape index (κ2) is 8.90. The zero-order valence-corrected chi connectivity index (χ0v) is 15.9. The van der Waals surface area contributed by atoms with Gasteiger partial charge in [0.1, 0.15) is 5.82 Å². The molecule has 24 heavy (non-hydrogen) atoms. The van der Waals surface area contributed by atoms with Crippen LogP contribution in [-0.4, -0.2) is 50.6 Å². The molecule has 0 amide bonds. The molecule has 2 rings (SSSR count). The topological polar surface area (TPSA) is 43.8 Å². The molecule has 0 bridgehead atoms. The molecule has 5 nitrogen and oxygen atoms in total. The summed E-state index contributed by atoms with van der Waals surface area (Å²) in [6.07, 6.45) is 7.30. The van der Waals surface area contributed by atoms with Gasteiger partial charge < -0.3 is 15.1 Å². The zero-order valence-electron chi connectivity index (χ0n) is 15.9. The number of hydrogen-bond donors (Lipinski definition) is 1. The van der Waals surface area contributed by atoms with Gasteiger partial charge in [-0.15, -0.1) is 0 Å². The highest BCUT2D eigenvalue weighted by molar-refractivity contribution is 5.79. The molecular weight excluding hydrogens is 298 g/mol. The lowest BCUT2D eigenvalue weighted by atomic mass is 9.83. The van der Waals surface area contributed by atoms with E-state index in [0.717, 1.165) is 36.7 Å². The monoisotopic (exact) mass is 331 g/mol. The maximum Gasteiger partial charge on any atom is 0.193 e. The zero-order chi connectivity index (χ0) is 17.5. The lowest BCUT2D eigenvalue weighted by Crippen LogP contribution is -2.41. The first-order valence-electron chi connectivity index (χ1n) is 9.03. The lowest BCUT2D eigenvalue weighted by Gasteiger charge is -2.31. The van der Waals surface area contributed by atoms with Crippen molar-refractivity contribution in [1.82, 2.24) is 15.2 Å². The average molecular weight is 332 g/mol. The third kappa shape index (κ3) is 5.39. The molecule has 0 unspecified atom stereocenters. The van der Waals surface area contributed by atoms with E-state index in [1.54, 1.807) is 0 Å². The minimum atomic E-state index is 0.766. The molecule has 1 fully saturated rings. The molecule has 1 aliphatic rings. The van der Waals surface area contributed by atoms with Crippen molar-refractivity contribution in [2.24, 2.45) is 16.8 Å². The van der Waals surface area contributed by atoms with Crippen molar-refractivity contribution in [1.29, 1.82) is 0 Å². The molecule has 134 valence electrons. The molecule has 1 saturated carbocycles. The fraction of sp³-hybridized carbons (Fsp3) is 0.684. The summed E-state index contributed by atoms with van der Waals surface area (Å²) in [6.45, 7) is 4.23. The summed E-state index contributed by atoms with van der Waals surface area (Å²) in [4.78, 5) is 13.1. The molecule has 1 aromatic heterocycles. The summed E-state index contributed by atoms with van der Waals surface area (Å²) in [7, 11) is 8.03. The van der Waals surface area contributed by atoms with Crippen LogP contribution in [0.1, 0.15) is 38.2 Å². The fourth-order valence-corrected chi connectivity index (χ4v) is 3.37. The number of pyridine rings is 1. The first-order chi connectivity index (χ1) is 11.5. The first kappa shape index (κ1) is 18.6. The minimum Gasteiger partial charge on any atom is -0.363 e. The lowest BCUT2D eigenvalue weighted by molar-refractivity contribution is 0.250. The molecule has 0 radical (unpaired) electrons. The smallest absolute Gasteiger partial charge is 0.193 e. The Bertz CT molecular complexity index is 532. The standard InChI is InChI=1S/C19H33N5/c1-15-6-8-16(9-7-15)14-24(5)19(20-2)22-13-17-10-11-21-18(12-17)23(3)4/h10-12,15-16H,6-9,13-14H2,1-5H3,(H,20,22). The number of rotatable bonds is 5. The maximum atomic E-state index is 4.45. The number of nitrogens with zero attached hydrogens (tertiary/aromatic N) is 4. The van der Waals surface area contributed by atoms with Gasteiger partial charge in [-0.3, -0.25) is 4.99 Å². The Hall–Kier alpha value is -1.78. The van der Waals surface area contributed by atoms with E-state index in [4.69, 9.17) is 0 Å². The predicted octanol–water partition coefficient (Wildman–Crippen LogP) is 2.98. The molecule has 0 saturated heterocycles. The number of guanidine groups is 1. The van der Waals surface area contributed by atoms with E-state index in [9.17, 15) is 0 Å². The minimum absolute atomic E-state index is 0.766. The third-order valence-electron chi connectivity index (χ3n) is 4.96. The average Bonchev–Trinajstić information content (AvgIpc) is 2.57. The highest BCUT2D eigenvalue weighted by Crippen LogP contribution is 2.28. The Morgan fingerprint density at radius 3 is 2.58 bits per heavy atom. The number of aliphatic imine (C=N–C) groups is 1. The molecular formula is C19H33N5. The Labute approximate surface area is 147 Å². The van der Waals surface area contributed by atoms with E-state index < -0.39 is 0 Å². The number of nitrogens with one attached hydrogen (secondary N) is 1. The van der Waals surface area contributed by atoms with Crippen LogP contribution in [0.3, 0.4) is 0 Å². The van der Waals surface area contributed by atoms with Crippen LogP contribution in [-0.2, 0) is 6.54 Å². The number of anilines is 1. The van der Waals surface area contributed by atoms with Crippen LogP contribution in [0.25, 0.3) is 0 Å². The largest absolute Gasteiger partial charge is 0.363 e. The van der Waals surface area contributed by atoms with E-state index in [2.05, 4.69) is 46.3 Å². The second-order valence-corrected chi connectivity index (χ2v) is 7.32. The van der Waals surface area contributed by atoms with Gasteiger partial charge in [0.15, 0.2) is 5.96 Å². The summed E-state index contributed by atoms with van der Waals surface area (Å²) >= 11 is 0. The maximum absolute atomic E-state index is 4.45. The molecule has 1 N–H and O–H groups in total. The number of aromatic nitrogens is 1. The van der Waals surface area contributed by atoms with E-state index in [-0.39, 0.29) is 0 Å². The number of hydrogen-bond acceptors (Lipinski definition) is 3. The second-order valence-electron chi connectivity index (χ2n) is 7.32. The van der Waals surface area contributed by atoms with Crippen molar-refractivity contribution < 1.29 is 0 Å². The highest BCUT2D eigenvalue weighted by Gasteiger charge is 2.20. The van der Waals surface area contributed by atoms with Crippen molar-refractivity contribution >= 4 is 11.8 Å². The molecule has 1 aromatic rings. The molecule has 1 aliphatic carbocycles. The van der Waals surface area contributed by atoms with Gasteiger partial charge in [0.05, 0.1) is 0 Å². The van der Waals surface area contributed by atoms with Crippen LogP contribution >= 0.6 is 0 Å². The van der Waals surface area contributed by atoms with Gasteiger partial charge in [-0.25, -0.2) is 4.98 Å².